The van der Waals surface area contributed by atoms with E-state index in [0.717, 1.165) is 0 Å². The van der Waals surface area contributed by atoms with Crippen molar-refractivity contribution in [1.29, 1.82) is 0 Å². The van der Waals surface area contributed by atoms with Crippen molar-refractivity contribution in [3.63, 3.8) is 0 Å². The second-order valence-electron chi connectivity index (χ2n) is 1.95. The largest absolute Gasteiger partial charge is 0.383 e. The highest BCUT2D eigenvalue weighted by atomic mass is 35.5. The fourth-order valence-electron chi connectivity index (χ4n) is 0.618. The first-order valence-corrected chi connectivity index (χ1v) is 3.72. The lowest BCUT2D eigenvalue weighted by molar-refractivity contribution is 0.172. The molecule has 10 heavy (non-hydrogen) atoms. The summed E-state index contributed by atoms with van der Waals surface area (Å²) in [6.07, 6.45) is 0. The lowest BCUT2D eigenvalue weighted by Crippen LogP contribution is -2.36. The number of hydrogen-bond acceptors (Lipinski definition) is 2. The van der Waals surface area contributed by atoms with Gasteiger partial charge in [-0.05, 0) is 0 Å². The van der Waals surface area contributed by atoms with E-state index in [1.54, 1.807) is 7.11 Å². The van der Waals surface area contributed by atoms with Crippen molar-refractivity contribution >= 4 is 11.6 Å². The van der Waals surface area contributed by atoms with Gasteiger partial charge < -0.3 is 10.1 Å². The van der Waals surface area contributed by atoms with Gasteiger partial charge in [-0.15, -0.1) is 11.6 Å². The molecule has 0 fully saturated rings. The molecular weight excluding hydrogens is 157 g/mol. The van der Waals surface area contributed by atoms with Crippen molar-refractivity contribution in [3.05, 3.63) is 0 Å². The van der Waals surface area contributed by atoms with E-state index in [-0.39, 0.29) is 12.7 Å². The molecule has 1 unspecified atom stereocenters. The number of halogens is 2. The van der Waals surface area contributed by atoms with Gasteiger partial charge in [-0.3, -0.25) is 0 Å². The number of nitrogens with one attached hydrogen (secondary N) is 1. The van der Waals surface area contributed by atoms with Crippen LogP contribution < -0.4 is 5.32 Å². The van der Waals surface area contributed by atoms with Crippen molar-refractivity contribution in [2.45, 2.75) is 6.04 Å². The molecule has 1 atom stereocenters. The molecule has 0 radical (unpaired) electrons. The molecule has 0 aliphatic heterocycles. The molecule has 4 heteroatoms. The van der Waals surface area contributed by atoms with E-state index in [0.29, 0.717) is 19.0 Å². The Hall–Kier alpha value is 0.140. The minimum atomic E-state index is -0.364. The Kier molecular flexibility index (Phi) is 7.35. The second-order valence-corrected chi connectivity index (χ2v) is 2.26. The van der Waals surface area contributed by atoms with Crippen LogP contribution in [0.3, 0.4) is 0 Å². The van der Waals surface area contributed by atoms with Crippen LogP contribution in [0.4, 0.5) is 4.39 Å². The van der Waals surface area contributed by atoms with Gasteiger partial charge >= 0.3 is 0 Å². The highest BCUT2D eigenvalue weighted by Gasteiger charge is 2.03. The Labute approximate surface area is 65.7 Å². The molecule has 2 nitrogen and oxygen atoms in total. The molecule has 0 rings (SSSR count). The average Bonchev–Trinajstić information content (AvgIpc) is 1.98. The zero-order valence-electron chi connectivity index (χ0n) is 6.07. The zero-order chi connectivity index (χ0) is 7.82. The lowest BCUT2D eigenvalue weighted by atomic mass is 10.3. The van der Waals surface area contributed by atoms with Gasteiger partial charge in [0.05, 0.1) is 6.61 Å². The summed E-state index contributed by atoms with van der Waals surface area (Å²) in [6, 6.07) is 0.0717. The maximum Gasteiger partial charge on any atom is 0.102 e. The van der Waals surface area contributed by atoms with Crippen LogP contribution in [0.5, 0.6) is 0 Å². The average molecular weight is 170 g/mol. The Morgan fingerprint density at radius 3 is 2.80 bits per heavy atom. The summed E-state index contributed by atoms with van der Waals surface area (Å²) in [5.41, 5.74) is 0. The van der Waals surface area contributed by atoms with Crippen LogP contribution in [-0.2, 0) is 4.74 Å². The van der Waals surface area contributed by atoms with Crippen LogP contribution in [0.1, 0.15) is 0 Å². The molecule has 0 saturated heterocycles. The Bertz CT molecular complexity index is 74.8. The molecule has 0 saturated carbocycles. The van der Waals surface area contributed by atoms with Gasteiger partial charge in [0, 0.05) is 25.6 Å². The normalized spacial score (nSPS) is 13.5. The Morgan fingerprint density at radius 1 is 1.70 bits per heavy atom. The smallest absolute Gasteiger partial charge is 0.102 e. The number of rotatable bonds is 6. The fourth-order valence-corrected chi connectivity index (χ4v) is 0.816. The highest BCUT2D eigenvalue weighted by Crippen LogP contribution is 1.88. The van der Waals surface area contributed by atoms with Crippen LogP contribution in [0.25, 0.3) is 0 Å². The van der Waals surface area contributed by atoms with E-state index in [1.807, 2.05) is 0 Å². The first-order chi connectivity index (χ1) is 4.85. The van der Waals surface area contributed by atoms with Crippen molar-refractivity contribution in [2.24, 2.45) is 0 Å². The molecule has 0 amide bonds. The molecule has 0 heterocycles. The molecule has 62 valence electrons. The van der Waals surface area contributed by atoms with Gasteiger partial charge in [0.15, 0.2) is 0 Å². The number of ether oxygens (including phenoxy) is 1. The van der Waals surface area contributed by atoms with Crippen LogP contribution in [0, 0.1) is 0 Å². The van der Waals surface area contributed by atoms with Gasteiger partial charge in [-0.2, -0.15) is 0 Å². The molecule has 0 aliphatic carbocycles. The van der Waals surface area contributed by atoms with E-state index in [1.165, 1.54) is 0 Å². The zero-order valence-corrected chi connectivity index (χ0v) is 6.83. The Balaban J connectivity index is 3.21. The maximum atomic E-state index is 11.6. The molecular formula is C6H13ClFNO. The van der Waals surface area contributed by atoms with E-state index in [9.17, 15) is 4.39 Å². The van der Waals surface area contributed by atoms with Crippen LogP contribution in [0.15, 0.2) is 0 Å². The molecule has 0 bridgehead atoms. The summed E-state index contributed by atoms with van der Waals surface area (Å²) < 4.78 is 16.4. The summed E-state index contributed by atoms with van der Waals surface area (Å²) in [7, 11) is 1.59. The summed E-state index contributed by atoms with van der Waals surface area (Å²) in [5, 5.41) is 2.89. The van der Waals surface area contributed by atoms with Crippen molar-refractivity contribution < 1.29 is 9.13 Å². The first kappa shape index (κ1) is 10.1. The van der Waals surface area contributed by atoms with Gasteiger partial charge in [0.1, 0.15) is 6.67 Å². The molecule has 0 aliphatic rings. The van der Waals surface area contributed by atoms with Crippen molar-refractivity contribution in [1.82, 2.24) is 5.32 Å². The van der Waals surface area contributed by atoms with Crippen LogP contribution in [-0.4, -0.2) is 38.9 Å². The van der Waals surface area contributed by atoms with E-state index in [4.69, 9.17) is 16.3 Å². The standard InChI is InChI=1S/C6H13ClFNO/c1-10-5-6(4-7)9-3-2-8/h6,9H,2-5H2,1H3. The quantitative estimate of drug-likeness (QED) is 0.594. The van der Waals surface area contributed by atoms with E-state index < -0.39 is 0 Å². The fraction of sp³-hybridized carbons (Fsp3) is 1.00. The van der Waals surface area contributed by atoms with E-state index in [2.05, 4.69) is 5.32 Å². The molecule has 0 aromatic heterocycles. The SMILES string of the molecule is COCC(CCl)NCCF. The summed E-state index contributed by atoms with van der Waals surface area (Å²) >= 11 is 5.52. The van der Waals surface area contributed by atoms with Gasteiger partial charge in [0.2, 0.25) is 0 Å². The monoisotopic (exact) mass is 169 g/mol. The maximum absolute atomic E-state index is 11.6. The topological polar surface area (TPSA) is 21.3 Å². The first-order valence-electron chi connectivity index (χ1n) is 3.19. The van der Waals surface area contributed by atoms with Gasteiger partial charge in [-0.1, -0.05) is 0 Å². The van der Waals surface area contributed by atoms with Gasteiger partial charge in [-0.25, -0.2) is 4.39 Å². The second kappa shape index (κ2) is 7.25. The molecule has 0 aromatic carbocycles. The van der Waals surface area contributed by atoms with Crippen molar-refractivity contribution in [2.75, 3.05) is 32.8 Å². The van der Waals surface area contributed by atoms with Crippen LogP contribution >= 0.6 is 11.6 Å². The molecule has 0 spiro atoms. The molecule has 0 aromatic rings. The van der Waals surface area contributed by atoms with Crippen molar-refractivity contribution in [3.8, 4) is 0 Å². The third kappa shape index (κ3) is 4.97. The summed E-state index contributed by atoms with van der Waals surface area (Å²) in [4.78, 5) is 0. The van der Waals surface area contributed by atoms with Crippen LogP contribution in [0.2, 0.25) is 0 Å². The predicted octanol–water partition coefficient (Wildman–Crippen LogP) is 0.799. The predicted molar refractivity (Wildman–Crippen MR) is 40.4 cm³/mol. The Morgan fingerprint density at radius 2 is 2.40 bits per heavy atom. The summed E-state index contributed by atoms with van der Waals surface area (Å²) in [6.45, 7) is 0.515. The molecule has 1 N–H and O–H groups in total. The minimum Gasteiger partial charge on any atom is -0.383 e. The number of alkyl halides is 2. The lowest BCUT2D eigenvalue weighted by Gasteiger charge is -2.12. The summed E-state index contributed by atoms with van der Waals surface area (Å²) in [5.74, 6) is 0.452. The minimum absolute atomic E-state index is 0.0717. The van der Waals surface area contributed by atoms with Gasteiger partial charge in [0.25, 0.3) is 0 Å². The number of methoxy groups -OCH3 is 1. The number of hydrogen-bond donors (Lipinski definition) is 1. The third-order valence-electron chi connectivity index (χ3n) is 1.08. The third-order valence-corrected chi connectivity index (χ3v) is 1.45. The van der Waals surface area contributed by atoms with E-state index >= 15 is 0 Å². The highest BCUT2D eigenvalue weighted by molar-refractivity contribution is 6.18.